The maximum Gasteiger partial charge on any atom is 0.251 e. The zero-order chi connectivity index (χ0) is 14.5. The van der Waals surface area contributed by atoms with E-state index in [1.807, 2.05) is 31.1 Å². The highest BCUT2D eigenvalue weighted by Crippen LogP contribution is 2.17. The van der Waals surface area contributed by atoms with Crippen LogP contribution in [-0.4, -0.2) is 31.4 Å². The van der Waals surface area contributed by atoms with Crippen LogP contribution in [0.15, 0.2) is 47.1 Å². The van der Waals surface area contributed by atoms with E-state index in [9.17, 15) is 4.79 Å². The molecule has 0 aliphatic rings. The predicted octanol–water partition coefficient (Wildman–Crippen LogP) is 2.97. The summed E-state index contributed by atoms with van der Waals surface area (Å²) in [5.74, 6) is 0.700. The molecule has 0 saturated heterocycles. The first-order chi connectivity index (χ1) is 9.58. The molecule has 0 unspecified atom stereocenters. The van der Waals surface area contributed by atoms with E-state index >= 15 is 0 Å². The van der Waals surface area contributed by atoms with Crippen molar-refractivity contribution in [2.75, 3.05) is 20.6 Å². The fourth-order valence-electron chi connectivity index (χ4n) is 1.91. The molecule has 2 rings (SSSR count). The highest BCUT2D eigenvalue weighted by atomic mass is 35.5. The van der Waals surface area contributed by atoms with Crippen molar-refractivity contribution in [3.8, 4) is 0 Å². The number of carbonyl (C=O) groups is 1. The van der Waals surface area contributed by atoms with E-state index in [1.54, 1.807) is 30.5 Å². The lowest BCUT2D eigenvalue weighted by Gasteiger charge is -2.22. The smallest absolute Gasteiger partial charge is 0.251 e. The SMILES string of the molecule is CN(C)[C@H](CNC(=O)c1ccc(Cl)cc1)c1ccco1. The number of furan rings is 1. The average Bonchev–Trinajstić information content (AvgIpc) is 2.93. The van der Waals surface area contributed by atoms with Crippen molar-refractivity contribution >= 4 is 17.5 Å². The molecular weight excluding hydrogens is 276 g/mol. The van der Waals surface area contributed by atoms with Gasteiger partial charge in [0.25, 0.3) is 5.91 Å². The third kappa shape index (κ3) is 3.62. The van der Waals surface area contributed by atoms with Crippen molar-refractivity contribution in [2.45, 2.75) is 6.04 Å². The minimum absolute atomic E-state index is 0.00116. The second-order valence-corrected chi connectivity index (χ2v) is 5.15. The van der Waals surface area contributed by atoms with Crippen LogP contribution in [0.5, 0.6) is 0 Å². The van der Waals surface area contributed by atoms with Gasteiger partial charge in [-0.3, -0.25) is 9.69 Å². The van der Waals surface area contributed by atoms with Crippen LogP contribution >= 0.6 is 11.6 Å². The van der Waals surface area contributed by atoms with Crippen LogP contribution in [0.25, 0.3) is 0 Å². The number of hydrogen-bond donors (Lipinski definition) is 1. The Labute approximate surface area is 123 Å². The molecule has 0 aliphatic heterocycles. The fraction of sp³-hybridized carbons (Fsp3) is 0.267. The minimum atomic E-state index is -0.125. The molecule has 1 aromatic heterocycles. The highest BCUT2D eigenvalue weighted by molar-refractivity contribution is 6.30. The Balaban J connectivity index is 1.99. The summed E-state index contributed by atoms with van der Waals surface area (Å²) in [6.45, 7) is 0.474. The lowest BCUT2D eigenvalue weighted by Crippen LogP contribution is -2.34. The molecule has 0 bridgehead atoms. The van der Waals surface area contributed by atoms with E-state index in [0.717, 1.165) is 5.76 Å². The minimum Gasteiger partial charge on any atom is -0.468 e. The van der Waals surface area contributed by atoms with Gasteiger partial charge in [-0.05, 0) is 50.5 Å². The molecule has 106 valence electrons. The highest BCUT2D eigenvalue weighted by Gasteiger charge is 2.18. The monoisotopic (exact) mass is 292 g/mol. The van der Waals surface area contributed by atoms with Gasteiger partial charge in [0.05, 0.1) is 12.3 Å². The number of nitrogens with one attached hydrogen (secondary N) is 1. The van der Waals surface area contributed by atoms with Crippen LogP contribution < -0.4 is 5.32 Å². The molecule has 2 aromatic rings. The number of benzene rings is 1. The summed E-state index contributed by atoms with van der Waals surface area (Å²) < 4.78 is 5.40. The number of carbonyl (C=O) groups excluding carboxylic acids is 1. The second kappa shape index (κ2) is 6.59. The Morgan fingerprint density at radius 3 is 2.55 bits per heavy atom. The first kappa shape index (κ1) is 14.6. The number of nitrogens with zero attached hydrogens (tertiary/aromatic N) is 1. The number of likely N-dealkylation sites (N-methyl/N-ethyl adjacent to an activating group) is 1. The second-order valence-electron chi connectivity index (χ2n) is 4.71. The van der Waals surface area contributed by atoms with Gasteiger partial charge < -0.3 is 9.73 Å². The van der Waals surface area contributed by atoms with Crippen molar-refractivity contribution < 1.29 is 9.21 Å². The maximum absolute atomic E-state index is 12.0. The summed E-state index contributed by atoms with van der Waals surface area (Å²) in [6.07, 6.45) is 1.63. The Hall–Kier alpha value is -1.78. The van der Waals surface area contributed by atoms with E-state index in [4.69, 9.17) is 16.0 Å². The Bertz CT molecular complexity index is 550. The van der Waals surface area contributed by atoms with Crippen LogP contribution in [0.3, 0.4) is 0 Å². The summed E-state index contributed by atoms with van der Waals surface area (Å²) in [5.41, 5.74) is 0.589. The summed E-state index contributed by atoms with van der Waals surface area (Å²) >= 11 is 5.80. The van der Waals surface area contributed by atoms with Crippen LogP contribution in [0.2, 0.25) is 5.02 Å². The first-order valence-corrected chi connectivity index (χ1v) is 6.69. The molecule has 4 nitrogen and oxygen atoms in total. The molecule has 5 heteroatoms. The van der Waals surface area contributed by atoms with Gasteiger partial charge in [-0.2, -0.15) is 0 Å². The maximum atomic E-state index is 12.0. The normalized spacial score (nSPS) is 12.4. The summed E-state index contributed by atoms with van der Waals surface area (Å²) in [6, 6.07) is 10.6. The zero-order valence-corrected chi connectivity index (χ0v) is 12.2. The lowest BCUT2D eigenvalue weighted by atomic mass is 10.2. The van der Waals surface area contributed by atoms with Crippen molar-refractivity contribution in [1.29, 1.82) is 0 Å². The topological polar surface area (TPSA) is 45.5 Å². The number of halogens is 1. The van der Waals surface area contributed by atoms with Crippen molar-refractivity contribution in [2.24, 2.45) is 0 Å². The quantitative estimate of drug-likeness (QED) is 0.921. The number of rotatable bonds is 5. The summed E-state index contributed by atoms with van der Waals surface area (Å²) in [4.78, 5) is 14.1. The van der Waals surface area contributed by atoms with E-state index in [0.29, 0.717) is 17.1 Å². The van der Waals surface area contributed by atoms with Crippen LogP contribution in [0.4, 0.5) is 0 Å². The van der Waals surface area contributed by atoms with Gasteiger partial charge in [-0.1, -0.05) is 11.6 Å². The van der Waals surface area contributed by atoms with Crippen molar-refractivity contribution in [3.63, 3.8) is 0 Å². The van der Waals surface area contributed by atoms with Gasteiger partial charge in [0, 0.05) is 17.1 Å². The average molecular weight is 293 g/mol. The van der Waals surface area contributed by atoms with Gasteiger partial charge in [0.15, 0.2) is 0 Å². The van der Waals surface area contributed by atoms with Gasteiger partial charge >= 0.3 is 0 Å². The molecule has 0 aliphatic carbocycles. The fourth-order valence-corrected chi connectivity index (χ4v) is 2.04. The third-order valence-corrected chi connectivity index (χ3v) is 3.31. The van der Waals surface area contributed by atoms with E-state index in [-0.39, 0.29) is 11.9 Å². The predicted molar refractivity (Wildman–Crippen MR) is 78.9 cm³/mol. The van der Waals surface area contributed by atoms with E-state index in [2.05, 4.69) is 5.32 Å². The number of hydrogen-bond acceptors (Lipinski definition) is 3. The Morgan fingerprint density at radius 2 is 2.00 bits per heavy atom. The Kier molecular flexibility index (Phi) is 4.82. The van der Waals surface area contributed by atoms with E-state index < -0.39 is 0 Å². The number of amides is 1. The van der Waals surface area contributed by atoms with Crippen molar-refractivity contribution in [1.82, 2.24) is 10.2 Å². The molecule has 20 heavy (non-hydrogen) atoms. The van der Waals surface area contributed by atoms with Crippen molar-refractivity contribution in [3.05, 3.63) is 59.0 Å². The molecule has 1 amide bonds. The zero-order valence-electron chi connectivity index (χ0n) is 11.5. The molecule has 1 aromatic carbocycles. The van der Waals surface area contributed by atoms with Crippen LogP contribution in [0.1, 0.15) is 22.2 Å². The molecule has 1 N–H and O–H groups in total. The standard InChI is InChI=1S/C15H17ClN2O2/c1-18(2)13(14-4-3-9-20-14)10-17-15(19)11-5-7-12(16)8-6-11/h3-9,13H,10H2,1-2H3,(H,17,19)/t13-/m1/s1. The van der Waals surface area contributed by atoms with Gasteiger partial charge in [0.2, 0.25) is 0 Å². The van der Waals surface area contributed by atoms with E-state index in [1.165, 1.54) is 0 Å². The molecule has 1 heterocycles. The summed E-state index contributed by atoms with van der Waals surface area (Å²) in [5, 5.41) is 3.52. The molecule has 0 saturated carbocycles. The van der Waals surface area contributed by atoms with Crippen LogP contribution in [-0.2, 0) is 0 Å². The molecule has 0 spiro atoms. The third-order valence-electron chi connectivity index (χ3n) is 3.06. The first-order valence-electron chi connectivity index (χ1n) is 6.31. The summed E-state index contributed by atoms with van der Waals surface area (Å²) in [7, 11) is 3.89. The molecular formula is C15H17ClN2O2. The van der Waals surface area contributed by atoms with Gasteiger partial charge in [0.1, 0.15) is 5.76 Å². The Morgan fingerprint density at radius 1 is 1.30 bits per heavy atom. The molecule has 0 radical (unpaired) electrons. The van der Waals surface area contributed by atoms with Gasteiger partial charge in [-0.15, -0.1) is 0 Å². The van der Waals surface area contributed by atoms with Gasteiger partial charge in [-0.25, -0.2) is 0 Å². The molecule has 0 fully saturated rings. The largest absolute Gasteiger partial charge is 0.468 e. The lowest BCUT2D eigenvalue weighted by molar-refractivity contribution is 0.0939. The molecule has 1 atom stereocenters. The van der Waals surface area contributed by atoms with Crippen LogP contribution in [0, 0.1) is 0 Å².